The van der Waals surface area contributed by atoms with E-state index >= 15 is 0 Å². The lowest BCUT2D eigenvalue weighted by molar-refractivity contribution is -0.297. The third-order valence-corrected chi connectivity index (χ3v) is 6.04. The molecular formula is C17H22Cl3O3Si-. The van der Waals surface area contributed by atoms with Crippen molar-refractivity contribution in [1.29, 1.82) is 0 Å². The molecule has 1 aromatic rings. The van der Waals surface area contributed by atoms with Crippen LogP contribution in [-0.2, 0) is 4.79 Å². The fraction of sp³-hybridized carbons (Fsp3) is 0.471. The van der Waals surface area contributed by atoms with Crippen LogP contribution < -0.4 is 9.84 Å². The van der Waals surface area contributed by atoms with Gasteiger partial charge in [0.2, 0.25) is 0 Å². The minimum atomic E-state index is -2.43. The average molecular weight is 409 g/mol. The lowest BCUT2D eigenvalue weighted by atomic mass is 10.1. The Labute approximate surface area is 158 Å². The molecule has 0 N–H and O–H groups in total. The number of carboxylic acid groups (broad SMARTS) is 1. The Bertz CT molecular complexity index is 513. The van der Waals surface area contributed by atoms with E-state index in [1.54, 1.807) is 0 Å². The molecule has 0 radical (unpaired) electrons. The quantitative estimate of drug-likeness (QED) is 0.215. The Balaban J connectivity index is 2.06. The van der Waals surface area contributed by atoms with Gasteiger partial charge in [0.1, 0.15) is 5.75 Å². The normalized spacial score (nSPS) is 11.8. The van der Waals surface area contributed by atoms with Crippen LogP contribution in [0.2, 0.25) is 6.04 Å². The third-order valence-electron chi connectivity index (χ3n) is 3.42. The fourth-order valence-electron chi connectivity index (χ4n) is 2.16. The van der Waals surface area contributed by atoms with Gasteiger partial charge < -0.3 is 14.6 Å². The zero-order valence-corrected chi connectivity index (χ0v) is 16.7. The molecule has 0 saturated heterocycles. The van der Waals surface area contributed by atoms with Crippen LogP contribution in [0.5, 0.6) is 5.75 Å². The molecule has 0 spiro atoms. The maximum atomic E-state index is 10.3. The number of carbonyl (C=O) groups is 1. The van der Waals surface area contributed by atoms with Crippen molar-refractivity contribution in [2.75, 3.05) is 6.61 Å². The lowest BCUT2D eigenvalue weighted by Gasteiger charge is -2.08. The minimum Gasteiger partial charge on any atom is -0.545 e. The van der Waals surface area contributed by atoms with Crippen molar-refractivity contribution in [3.05, 3.63) is 35.9 Å². The molecule has 24 heavy (non-hydrogen) atoms. The maximum Gasteiger partial charge on any atom is 0.341 e. The highest BCUT2D eigenvalue weighted by Crippen LogP contribution is 2.27. The largest absolute Gasteiger partial charge is 0.545 e. The third kappa shape index (κ3) is 11.8. The first-order valence-electron chi connectivity index (χ1n) is 8.05. The van der Waals surface area contributed by atoms with Crippen LogP contribution in [0.15, 0.2) is 30.3 Å². The summed E-state index contributed by atoms with van der Waals surface area (Å²) in [7, 11) is 0. The number of aliphatic carboxylic acids is 1. The van der Waals surface area contributed by atoms with Crippen molar-refractivity contribution in [2.24, 2.45) is 0 Å². The monoisotopic (exact) mass is 407 g/mol. The number of hydrogen-bond donors (Lipinski definition) is 0. The Hall–Kier alpha value is -0.683. The Morgan fingerprint density at radius 1 is 1.00 bits per heavy atom. The summed E-state index contributed by atoms with van der Waals surface area (Å²) in [4.78, 5) is 10.3. The van der Waals surface area contributed by atoms with Crippen molar-refractivity contribution in [1.82, 2.24) is 0 Å². The van der Waals surface area contributed by atoms with E-state index in [0.29, 0.717) is 6.61 Å². The predicted molar refractivity (Wildman–Crippen MR) is 102 cm³/mol. The molecule has 0 saturated carbocycles. The van der Waals surface area contributed by atoms with Gasteiger partial charge in [0.05, 0.1) is 12.6 Å². The molecule has 0 aliphatic rings. The van der Waals surface area contributed by atoms with Gasteiger partial charge in [0.15, 0.2) is 0 Å². The van der Waals surface area contributed by atoms with Gasteiger partial charge in [-0.05, 0) is 36.2 Å². The van der Waals surface area contributed by atoms with E-state index in [9.17, 15) is 9.90 Å². The molecule has 0 heterocycles. The van der Waals surface area contributed by atoms with Gasteiger partial charge in [0, 0.05) is 0 Å². The van der Waals surface area contributed by atoms with Crippen molar-refractivity contribution < 1.29 is 14.6 Å². The highest BCUT2D eigenvalue weighted by molar-refractivity contribution is 7.64. The number of halogens is 3. The number of carboxylic acids is 1. The molecule has 1 aromatic carbocycles. The summed E-state index contributed by atoms with van der Waals surface area (Å²) in [6.45, 7) is 0.676. The zero-order chi connectivity index (χ0) is 17.8. The molecule has 0 aromatic heterocycles. The standard InChI is InChI=1S/C17H23Cl3O3Si/c18-24(19,20)14-6-4-2-1-3-5-13-23-16-10-7-15(8-11-16)9-12-17(21)22/h7-12H,1-6,13-14H2,(H,21,22)/p-1/b12-9+. The van der Waals surface area contributed by atoms with Crippen molar-refractivity contribution in [3.8, 4) is 5.75 Å². The van der Waals surface area contributed by atoms with E-state index in [4.69, 9.17) is 38.0 Å². The van der Waals surface area contributed by atoms with Crippen LogP contribution in [0.3, 0.4) is 0 Å². The van der Waals surface area contributed by atoms with E-state index in [2.05, 4.69) is 0 Å². The second kappa shape index (κ2) is 11.8. The van der Waals surface area contributed by atoms with Crippen LogP contribution in [0.4, 0.5) is 0 Å². The van der Waals surface area contributed by atoms with Crippen LogP contribution in [0.1, 0.15) is 44.1 Å². The van der Waals surface area contributed by atoms with Crippen molar-refractivity contribution in [2.45, 2.75) is 44.6 Å². The minimum absolute atomic E-state index is 0.676. The molecule has 3 nitrogen and oxygen atoms in total. The first-order chi connectivity index (χ1) is 11.4. The van der Waals surface area contributed by atoms with Gasteiger partial charge in [-0.2, -0.15) is 0 Å². The van der Waals surface area contributed by atoms with Crippen molar-refractivity contribution >= 4 is 51.3 Å². The van der Waals surface area contributed by atoms with E-state index in [-0.39, 0.29) is 0 Å². The van der Waals surface area contributed by atoms with Gasteiger partial charge in [-0.25, -0.2) is 0 Å². The molecule has 0 aliphatic carbocycles. The van der Waals surface area contributed by atoms with Crippen molar-refractivity contribution in [3.63, 3.8) is 0 Å². The summed E-state index contributed by atoms with van der Waals surface area (Å²) < 4.78 is 5.66. The number of ether oxygens (including phenoxy) is 1. The molecule has 7 heteroatoms. The molecule has 0 unspecified atom stereocenters. The SMILES string of the molecule is O=C([O-])/C=C/c1ccc(OCCCCCCCC[Si](Cl)(Cl)Cl)cc1. The molecule has 0 amide bonds. The first-order valence-corrected chi connectivity index (χ1v) is 13.3. The van der Waals surface area contributed by atoms with Gasteiger partial charge in [-0.3, -0.25) is 0 Å². The van der Waals surface area contributed by atoms with Gasteiger partial charge in [0.25, 0.3) is 0 Å². The summed E-state index contributed by atoms with van der Waals surface area (Å²) in [6, 6.07) is 5.59. The molecule has 1 rings (SSSR count). The van der Waals surface area contributed by atoms with E-state index in [1.165, 1.54) is 6.08 Å². The topological polar surface area (TPSA) is 49.4 Å². The average Bonchev–Trinajstić information content (AvgIpc) is 2.51. The highest BCUT2D eigenvalue weighted by Gasteiger charge is 2.23. The van der Waals surface area contributed by atoms with Gasteiger partial charge >= 0.3 is 6.00 Å². The second-order valence-electron chi connectivity index (χ2n) is 5.56. The molecule has 0 aliphatic heterocycles. The second-order valence-corrected chi connectivity index (χ2v) is 14.8. The van der Waals surface area contributed by atoms with Crippen LogP contribution >= 0.6 is 33.2 Å². The smallest absolute Gasteiger partial charge is 0.341 e. The number of carbonyl (C=O) groups excluding carboxylic acids is 1. The molecule has 0 bridgehead atoms. The van der Waals surface area contributed by atoms with Crippen LogP contribution in [-0.4, -0.2) is 18.6 Å². The molecule has 0 atom stereocenters. The van der Waals surface area contributed by atoms with Gasteiger partial charge in [-0.15, -0.1) is 33.2 Å². The molecule has 0 fully saturated rings. The first kappa shape index (κ1) is 21.4. The summed E-state index contributed by atoms with van der Waals surface area (Å²) in [5.41, 5.74) is 0.796. The fourth-order valence-corrected chi connectivity index (χ4v) is 4.02. The number of benzene rings is 1. The van der Waals surface area contributed by atoms with E-state index in [0.717, 1.165) is 62.0 Å². The Morgan fingerprint density at radius 2 is 1.58 bits per heavy atom. The number of rotatable bonds is 12. The zero-order valence-electron chi connectivity index (χ0n) is 13.5. The van der Waals surface area contributed by atoms with Crippen LogP contribution in [0, 0.1) is 0 Å². The highest BCUT2D eigenvalue weighted by atomic mass is 35.8. The number of hydrogen-bond acceptors (Lipinski definition) is 3. The molecular weight excluding hydrogens is 387 g/mol. The summed E-state index contributed by atoms with van der Waals surface area (Å²) in [6.07, 6.45) is 9.06. The van der Waals surface area contributed by atoms with Crippen LogP contribution in [0.25, 0.3) is 6.08 Å². The maximum absolute atomic E-state index is 10.3. The summed E-state index contributed by atoms with van der Waals surface area (Å²) in [5.74, 6) is -0.419. The lowest BCUT2D eigenvalue weighted by Crippen LogP contribution is -2.18. The Morgan fingerprint density at radius 3 is 2.17 bits per heavy atom. The summed E-state index contributed by atoms with van der Waals surface area (Å²) >= 11 is 17.5. The molecule has 134 valence electrons. The van der Waals surface area contributed by atoms with E-state index in [1.807, 2.05) is 24.3 Å². The Kier molecular flexibility index (Phi) is 10.5. The number of unbranched alkanes of at least 4 members (excludes halogenated alkanes) is 5. The predicted octanol–water partition coefficient (Wildman–Crippen LogP) is 4.82. The van der Waals surface area contributed by atoms with Gasteiger partial charge in [-0.1, -0.05) is 50.3 Å². The summed E-state index contributed by atoms with van der Waals surface area (Å²) in [5, 5.41) is 10.3. The van der Waals surface area contributed by atoms with E-state index < -0.39 is 12.0 Å².